The smallest absolute Gasteiger partial charge is 0.412 e. The molecule has 2 amide bonds. The van der Waals surface area contributed by atoms with Crippen LogP contribution in [-0.2, 0) is 9.53 Å². The van der Waals surface area contributed by atoms with Crippen LogP contribution in [0.1, 0.15) is 6.92 Å². The van der Waals surface area contributed by atoms with Crippen LogP contribution in [0, 0.1) is 0 Å². The quantitative estimate of drug-likeness (QED) is 0.800. The van der Waals surface area contributed by atoms with E-state index in [1.54, 1.807) is 19.1 Å². The summed E-state index contributed by atoms with van der Waals surface area (Å²) in [5.41, 5.74) is 0. The van der Waals surface area contributed by atoms with Crippen molar-refractivity contribution >= 4 is 23.6 Å². The maximum atomic E-state index is 11.2. The molecular formula is C10H11N3O4. The Morgan fingerprint density at radius 1 is 1.65 bits per heavy atom. The summed E-state index contributed by atoms with van der Waals surface area (Å²) in [5, 5.41) is 4.97. The van der Waals surface area contributed by atoms with Gasteiger partial charge in [0.2, 0.25) is 0 Å². The van der Waals surface area contributed by atoms with E-state index in [2.05, 4.69) is 15.6 Å². The van der Waals surface area contributed by atoms with E-state index in [4.69, 9.17) is 9.47 Å². The number of carbonyl (C=O) groups is 2. The van der Waals surface area contributed by atoms with Gasteiger partial charge in [0.25, 0.3) is 5.91 Å². The summed E-state index contributed by atoms with van der Waals surface area (Å²) in [6.07, 6.45) is -0.594. The van der Waals surface area contributed by atoms with Crippen LogP contribution in [0.3, 0.4) is 0 Å². The molecule has 0 atom stereocenters. The highest BCUT2D eigenvalue weighted by atomic mass is 16.5. The second-order valence-corrected chi connectivity index (χ2v) is 3.23. The van der Waals surface area contributed by atoms with Crippen molar-refractivity contribution in [2.24, 2.45) is 0 Å². The Morgan fingerprint density at radius 2 is 2.47 bits per heavy atom. The van der Waals surface area contributed by atoms with Crippen LogP contribution in [-0.4, -0.2) is 30.2 Å². The zero-order valence-electron chi connectivity index (χ0n) is 9.15. The number of anilines is 2. The first-order chi connectivity index (χ1) is 8.19. The summed E-state index contributed by atoms with van der Waals surface area (Å²) in [6.45, 7) is 1.95. The fraction of sp³-hybridized carbons (Fsp3) is 0.300. The molecule has 1 aliphatic rings. The topological polar surface area (TPSA) is 89.5 Å². The number of ether oxygens (including phenoxy) is 2. The van der Waals surface area contributed by atoms with Crippen molar-refractivity contribution < 1.29 is 19.1 Å². The molecule has 0 fully saturated rings. The molecule has 0 aromatic carbocycles. The normalized spacial score (nSPS) is 13.1. The van der Waals surface area contributed by atoms with Crippen LogP contribution in [0.4, 0.5) is 16.4 Å². The van der Waals surface area contributed by atoms with Gasteiger partial charge in [0.15, 0.2) is 18.2 Å². The minimum atomic E-state index is -0.594. The summed E-state index contributed by atoms with van der Waals surface area (Å²) in [7, 11) is 0. The first kappa shape index (κ1) is 11.2. The molecule has 2 heterocycles. The van der Waals surface area contributed by atoms with Crippen LogP contribution in [0.2, 0.25) is 0 Å². The predicted molar refractivity (Wildman–Crippen MR) is 59.0 cm³/mol. The van der Waals surface area contributed by atoms with Gasteiger partial charge in [-0.3, -0.25) is 10.1 Å². The maximum absolute atomic E-state index is 11.2. The Hall–Kier alpha value is -2.31. The number of hydrogen-bond acceptors (Lipinski definition) is 5. The van der Waals surface area contributed by atoms with Crippen LogP contribution >= 0.6 is 0 Å². The number of fused-ring (bicyclic) bond motifs is 1. The molecule has 0 aliphatic carbocycles. The van der Waals surface area contributed by atoms with Gasteiger partial charge in [0, 0.05) is 0 Å². The van der Waals surface area contributed by atoms with Crippen molar-refractivity contribution in [3.05, 3.63) is 12.1 Å². The number of carbonyl (C=O) groups excluding carboxylic acids is 2. The monoisotopic (exact) mass is 237 g/mol. The molecular weight excluding hydrogens is 226 g/mol. The molecule has 1 aliphatic heterocycles. The number of amides is 2. The van der Waals surface area contributed by atoms with E-state index in [1.807, 2.05) is 0 Å². The van der Waals surface area contributed by atoms with Gasteiger partial charge in [-0.05, 0) is 19.1 Å². The van der Waals surface area contributed by atoms with Gasteiger partial charge in [-0.25, -0.2) is 9.78 Å². The number of pyridine rings is 1. The van der Waals surface area contributed by atoms with Gasteiger partial charge in [0.05, 0.1) is 6.61 Å². The third kappa shape index (κ3) is 2.63. The number of aromatic nitrogens is 1. The highest BCUT2D eigenvalue weighted by molar-refractivity contribution is 5.94. The molecule has 0 saturated heterocycles. The Bertz CT molecular complexity index is 461. The minimum Gasteiger partial charge on any atom is -0.480 e. The zero-order chi connectivity index (χ0) is 12.3. The lowest BCUT2D eigenvalue weighted by molar-refractivity contribution is -0.118. The summed E-state index contributed by atoms with van der Waals surface area (Å²) in [5.74, 6) is 0.765. The third-order valence-corrected chi connectivity index (χ3v) is 1.98. The van der Waals surface area contributed by atoms with Gasteiger partial charge in [0.1, 0.15) is 5.82 Å². The summed E-state index contributed by atoms with van der Waals surface area (Å²) in [4.78, 5) is 26.2. The van der Waals surface area contributed by atoms with Crippen LogP contribution in [0.15, 0.2) is 12.1 Å². The van der Waals surface area contributed by atoms with Crippen LogP contribution in [0.5, 0.6) is 5.75 Å². The van der Waals surface area contributed by atoms with E-state index >= 15 is 0 Å². The summed E-state index contributed by atoms with van der Waals surface area (Å²) in [6, 6.07) is 3.18. The lowest BCUT2D eigenvalue weighted by Gasteiger charge is -2.17. The van der Waals surface area contributed by atoms with E-state index < -0.39 is 6.09 Å². The van der Waals surface area contributed by atoms with Gasteiger partial charge in [-0.1, -0.05) is 0 Å². The Labute approximate surface area is 97.1 Å². The van der Waals surface area contributed by atoms with Gasteiger partial charge >= 0.3 is 6.09 Å². The lowest BCUT2D eigenvalue weighted by Crippen LogP contribution is -2.26. The molecule has 0 bridgehead atoms. The van der Waals surface area contributed by atoms with Gasteiger partial charge < -0.3 is 14.8 Å². The Morgan fingerprint density at radius 3 is 3.24 bits per heavy atom. The standard InChI is InChI=1S/C10H11N3O4/c1-2-16-10(15)12-7-4-3-6-9(11-7)13-8(14)5-17-6/h3-4H,2,5H2,1H3,(H2,11,12,13,14,15). The largest absolute Gasteiger partial charge is 0.480 e. The molecule has 0 radical (unpaired) electrons. The number of nitrogens with zero attached hydrogens (tertiary/aromatic N) is 1. The first-order valence-corrected chi connectivity index (χ1v) is 5.06. The molecule has 2 rings (SSSR count). The third-order valence-electron chi connectivity index (χ3n) is 1.98. The van der Waals surface area contributed by atoms with Crippen LogP contribution < -0.4 is 15.4 Å². The zero-order valence-corrected chi connectivity index (χ0v) is 9.15. The van der Waals surface area contributed by atoms with Crippen LogP contribution in [0.25, 0.3) is 0 Å². The molecule has 90 valence electrons. The molecule has 0 unspecified atom stereocenters. The fourth-order valence-corrected chi connectivity index (χ4v) is 1.31. The van der Waals surface area contributed by atoms with Gasteiger partial charge in [-0.15, -0.1) is 0 Å². The number of rotatable bonds is 2. The number of hydrogen-bond donors (Lipinski definition) is 2. The molecule has 17 heavy (non-hydrogen) atoms. The molecule has 1 aromatic heterocycles. The first-order valence-electron chi connectivity index (χ1n) is 5.06. The highest BCUT2D eigenvalue weighted by Gasteiger charge is 2.17. The second kappa shape index (κ2) is 4.69. The van der Waals surface area contributed by atoms with Crippen molar-refractivity contribution in [2.75, 3.05) is 23.8 Å². The summed E-state index contributed by atoms with van der Waals surface area (Å²) >= 11 is 0. The maximum Gasteiger partial charge on any atom is 0.412 e. The van der Waals surface area contributed by atoms with E-state index in [9.17, 15) is 9.59 Å². The molecule has 7 heteroatoms. The van der Waals surface area contributed by atoms with Gasteiger partial charge in [-0.2, -0.15) is 0 Å². The van der Waals surface area contributed by atoms with Crippen molar-refractivity contribution in [1.82, 2.24) is 4.98 Å². The second-order valence-electron chi connectivity index (χ2n) is 3.23. The number of nitrogens with one attached hydrogen (secondary N) is 2. The SMILES string of the molecule is CCOC(=O)Nc1ccc2c(n1)NC(=O)CO2. The van der Waals surface area contributed by atoms with Crippen molar-refractivity contribution in [3.63, 3.8) is 0 Å². The Balaban J connectivity index is 2.13. The fourth-order valence-electron chi connectivity index (χ4n) is 1.31. The van der Waals surface area contributed by atoms with Crippen molar-refractivity contribution in [1.29, 1.82) is 0 Å². The molecule has 0 saturated carbocycles. The molecule has 0 spiro atoms. The van der Waals surface area contributed by atoms with E-state index in [1.165, 1.54) is 0 Å². The average Bonchev–Trinajstić information content (AvgIpc) is 2.28. The minimum absolute atomic E-state index is 0.0284. The molecule has 2 N–H and O–H groups in total. The van der Waals surface area contributed by atoms with E-state index in [0.717, 1.165) is 0 Å². The summed E-state index contributed by atoms with van der Waals surface area (Å²) < 4.78 is 9.83. The highest BCUT2D eigenvalue weighted by Crippen LogP contribution is 2.26. The Kier molecular flexibility index (Phi) is 3.08. The average molecular weight is 237 g/mol. The molecule has 7 nitrogen and oxygen atoms in total. The van der Waals surface area contributed by atoms with E-state index in [-0.39, 0.29) is 30.8 Å². The molecule has 1 aromatic rings. The van der Waals surface area contributed by atoms with Crippen molar-refractivity contribution in [3.8, 4) is 5.75 Å². The van der Waals surface area contributed by atoms with E-state index in [0.29, 0.717) is 5.75 Å². The lowest BCUT2D eigenvalue weighted by atomic mass is 10.3. The predicted octanol–water partition coefficient (Wildman–Crippen LogP) is 0.981. The van der Waals surface area contributed by atoms with Crippen molar-refractivity contribution in [2.45, 2.75) is 6.92 Å².